The Bertz CT molecular complexity index is 1550. The first kappa shape index (κ1) is 22.4. The van der Waals surface area contributed by atoms with E-state index < -0.39 is 5.82 Å². The lowest BCUT2D eigenvalue weighted by molar-refractivity contribution is 0.135. The number of thiophene rings is 1. The van der Waals surface area contributed by atoms with Crippen molar-refractivity contribution in [2.45, 2.75) is 32.1 Å². The zero-order valence-electron chi connectivity index (χ0n) is 18.9. The molecule has 2 aliphatic heterocycles. The number of fused-ring (bicyclic) bond motifs is 4. The quantitative estimate of drug-likeness (QED) is 0.400. The Morgan fingerprint density at radius 2 is 2.20 bits per heavy atom. The summed E-state index contributed by atoms with van der Waals surface area (Å²) < 4.78 is 26.7. The third kappa shape index (κ3) is 3.52. The van der Waals surface area contributed by atoms with Crippen molar-refractivity contribution in [2.24, 2.45) is 0 Å². The van der Waals surface area contributed by atoms with Gasteiger partial charge in [-0.1, -0.05) is 17.7 Å². The summed E-state index contributed by atoms with van der Waals surface area (Å²) >= 11 is 8.07. The minimum absolute atomic E-state index is 0.246. The molecule has 0 radical (unpaired) electrons. The monoisotopic (exact) mass is 509 g/mol. The third-order valence-electron chi connectivity index (χ3n) is 6.95. The molecule has 2 aromatic heterocycles. The Kier molecular flexibility index (Phi) is 5.49. The SMILES string of the molecule is CN1CCC[C@H]1COc1ncc2c3c(c(-c4ccc(F)c5sc(N)c(C#N)c45)c(Cl)c2n1)COC3. The van der Waals surface area contributed by atoms with Gasteiger partial charge in [0.25, 0.3) is 0 Å². The molecule has 0 saturated carbocycles. The van der Waals surface area contributed by atoms with Crippen molar-refractivity contribution in [3.63, 3.8) is 0 Å². The Balaban J connectivity index is 1.54. The van der Waals surface area contributed by atoms with Crippen molar-refractivity contribution in [3.8, 4) is 23.2 Å². The highest BCUT2D eigenvalue weighted by atomic mass is 35.5. The van der Waals surface area contributed by atoms with Crippen molar-refractivity contribution in [1.82, 2.24) is 14.9 Å². The summed E-state index contributed by atoms with van der Waals surface area (Å²) in [5.74, 6) is -0.429. The Morgan fingerprint density at radius 1 is 1.37 bits per heavy atom. The minimum Gasteiger partial charge on any atom is -0.462 e. The molecular weight excluding hydrogens is 489 g/mol. The summed E-state index contributed by atoms with van der Waals surface area (Å²) in [6.45, 7) is 2.28. The van der Waals surface area contributed by atoms with E-state index in [1.54, 1.807) is 12.3 Å². The Hall–Kier alpha value is -3.03. The van der Waals surface area contributed by atoms with Gasteiger partial charge in [0.2, 0.25) is 0 Å². The van der Waals surface area contributed by atoms with Crippen LogP contribution < -0.4 is 10.5 Å². The molecular formula is C25H21ClFN5O2S. The van der Waals surface area contributed by atoms with Crippen LogP contribution in [0.1, 0.15) is 29.5 Å². The van der Waals surface area contributed by atoms with Gasteiger partial charge < -0.3 is 20.1 Å². The van der Waals surface area contributed by atoms with Crippen molar-refractivity contribution in [2.75, 3.05) is 25.9 Å². The standard InChI is InChI=1S/C25H21ClFN5O2S/c1-32-6-2-3-12(32)9-34-25-30-8-15-16-10-33-11-17(16)19(21(26)22(15)31-25)13-4-5-18(27)23-20(13)14(7-28)24(29)35-23/h4-5,8,12H,2-3,6,9-11,29H2,1H3/t12-/m0/s1. The van der Waals surface area contributed by atoms with Gasteiger partial charge in [-0.3, -0.25) is 0 Å². The van der Waals surface area contributed by atoms with Crippen molar-refractivity contribution >= 4 is 48.9 Å². The molecule has 35 heavy (non-hydrogen) atoms. The van der Waals surface area contributed by atoms with Gasteiger partial charge in [-0.05, 0) is 49.2 Å². The third-order valence-corrected chi connectivity index (χ3v) is 8.35. The van der Waals surface area contributed by atoms with Gasteiger partial charge in [0, 0.05) is 28.6 Å². The molecule has 4 heterocycles. The topological polar surface area (TPSA) is 97.3 Å². The maximum atomic E-state index is 14.7. The Morgan fingerprint density at radius 3 is 2.97 bits per heavy atom. The fourth-order valence-electron chi connectivity index (χ4n) is 5.12. The average Bonchev–Trinajstić information content (AvgIpc) is 3.58. The summed E-state index contributed by atoms with van der Waals surface area (Å²) in [5, 5.41) is 11.7. The first-order chi connectivity index (χ1) is 17.0. The van der Waals surface area contributed by atoms with Crippen LogP contribution in [0.4, 0.5) is 9.39 Å². The molecule has 4 aromatic rings. The molecule has 6 rings (SSSR count). The molecule has 1 atom stereocenters. The highest BCUT2D eigenvalue weighted by Gasteiger charge is 2.28. The Labute approximate surface area is 209 Å². The highest BCUT2D eigenvalue weighted by Crippen LogP contribution is 2.48. The first-order valence-corrected chi connectivity index (χ1v) is 12.5. The molecule has 7 nitrogen and oxygen atoms in total. The largest absolute Gasteiger partial charge is 0.462 e. The number of hydrogen-bond acceptors (Lipinski definition) is 8. The van der Waals surface area contributed by atoms with Gasteiger partial charge in [-0.2, -0.15) is 10.2 Å². The van der Waals surface area contributed by atoms with Crippen LogP contribution in [0.5, 0.6) is 6.01 Å². The zero-order valence-corrected chi connectivity index (χ0v) is 20.5. The second kappa shape index (κ2) is 8.57. The normalized spacial score (nSPS) is 17.8. The number of rotatable bonds is 4. The summed E-state index contributed by atoms with van der Waals surface area (Å²) in [7, 11) is 2.09. The lowest BCUT2D eigenvalue weighted by Gasteiger charge is -2.19. The van der Waals surface area contributed by atoms with Gasteiger partial charge in [0.15, 0.2) is 0 Å². The van der Waals surface area contributed by atoms with E-state index in [9.17, 15) is 9.65 Å². The van der Waals surface area contributed by atoms with Crippen molar-refractivity contribution in [3.05, 3.63) is 45.9 Å². The van der Waals surface area contributed by atoms with Crippen LogP contribution in [0.3, 0.4) is 0 Å². The van der Waals surface area contributed by atoms with Crippen LogP contribution in [0, 0.1) is 17.1 Å². The fraction of sp³-hybridized carbons (Fsp3) is 0.320. The molecule has 0 aliphatic carbocycles. The van der Waals surface area contributed by atoms with Crippen LogP contribution in [-0.2, 0) is 18.0 Å². The van der Waals surface area contributed by atoms with Crippen molar-refractivity contribution in [1.29, 1.82) is 5.26 Å². The summed E-state index contributed by atoms with van der Waals surface area (Å²) in [6.07, 6.45) is 3.95. The van der Waals surface area contributed by atoms with Crippen LogP contribution in [0.2, 0.25) is 5.02 Å². The molecule has 0 spiro atoms. The second-order valence-corrected chi connectivity index (χ2v) is 10.3. The summed E-state index contributed by atoms with van der Waals surface area (Å²) in [5.41, 5.74) is 9.97. The smallest absolute Gasteiger partial charge is 0.317 e. The van der Waals surface area contributed by atoms with E-state index in [2.05, 4.69) is 28.0 Å². The van der Waals surface area contributed by atoms with E-state index in [1.165, 1.54) is 6.07 Å². The number of nitrogens with zero attached hydrogens (tertiary/aromatic N) is 4. The van der Waals surface area contributed by atoms with Gasteiger partial charge in [-0.15, -0.1) is 11.3 Å². The molecule has 10 heteroatoms. The first-order valence-electron chi connectivity index (χ1n) is 11.3. The van der Waals surface area contributed by atoms with Crippen LogP contribution in [-0.4, -0.2) is 41.1 Å². The van der Waals surface area contributed by atoms with E-state index in [0.717, 1.165) is 47.2 Å². The molecule has 2 aromatic carbocycles. The van der Waals surface area contributed by atoms with Gasteiger partial charge in [-0.25, -0.2) is 9.37 Å². The minimum atomic E-state index is -0.429. The number of anilines is 1. The van der Waals surface area contributed by atoms with E-state index in [0.29, 0.717) is 57.6 Å². The number of halogens is 2. The average molecular weight is 510 g/mol. The number of likely N-dealkylation sites (N-methyl/N-ethyl adjacent to an activating group) is 1. The number of ether oxygens (including phenoxy) is 2. The summed E-state index contributed by atoms with van der Waals surface area (Å²) in [6, 6.07) is 5.74. The molecule has 0 amide bonds. The molecule has 1 saturated heterocycles. The predicted octanol–water partition coefficient (Wildman–Crippen LogP) is 5.26. The zero-order chi connectivity index (χ0) is 24.3. The number of benzene rings is 2. The van der Waals surface area contributed by atoms with Crippen LogP contribution >= 0.6 is 22.9 Å². The molecule has 0 unspecified atom stereocenters. The molecule has 2 N–H and O–H groups in total. The summed E-state index contributed by atoms with van der Waals surface area (Å²) in [4.78, 5) is 11.4. The molecule has 2 aliphatic rings. The number of nitrogens with two attached hydrogens (primary N) is 1. The molecule has 178 valence electrons. The van der Waals surface area contributed by atoms with Crippen LogP contribution in [0.25, 0.3) is 32.1 Å². The fourth-order valence-corrected chi connectivity index (χ4v) is 6.43. The number of likely N-dealkylation sites (tertiary alicyclic amines) is 1. The lowest BCUT2D eigenvalue weighted by Crippen LogP contribution is -2.30. The maximum Gasteiger partial charge on any atom is 0.317 e. The van der Waals surface area contributed by atoms with Gasteiger partial charge in [0.1, 0.15) is 23.5 Å². The number of nitriles is 1. The molecule has 1 fully saturated rings. The van der Waals surface area contributed by atoms with Gasteiger partial charge >= 0.3 is 6.01 Å². The maximum absolute atomic E-state index is 14.7. The lowest BCUT2D eigenvalue weighted by atomic mass is 9.91. The van der Waals surface area contributed by atoms with E-state index in [-0.39, 0.29) is 16.6 Å². The predicted molar refractivity (Wildman–Crippen MR) is 134 cm³/mol. The highest BCUT2D eigenvalue weighted by molar-refractivity contribution is 7.23. The number of hydrogen-bond donors (Lipinski definition) is 1. The second-order valence-electron chi connectivity index (χ2n) is 8.89. The van der Waals surface area contributed by atoms with Crippen LogP contribution in [0.15, 0.2) is 18.3 Å². The number of nitrogen functional groups attached to an aromatic ring is 1. The van der Waals surface area contributed by atoms with Crippen molar-refractivity contribution < 1.29 is 13.9 Å². The van der Waals surface area contributed by atoms with Gasteiger partial charge in [0.05, 0.1) is 34.0 Å². The number of aromatic nitrogens is 2. The van der Waals surface area contributed by atoms with E-state index in [1.807, 2.05) is 0 Å². The van der Waals surface area contributed by atoms with E-state index in [4.69, 9.17) is 26.8 Å². The molecule has 0 bridgehead atoms. The van der Waals surface area contributed by atoms with E-state index >= 15 is 0 Å².